The molecular formula is C27H27ClF2N2O2. The number of hydrogen-bond acceptors (Lipinski definition) is 3. The van der Waals surface area contributed by atoms with Crippen molar-refractivity contribution in [1.82, 2.24) is 10.2 Å². The lowest BCUT2D eigenvalue weighted by molar-refractivity contribution is -0.138. The number of halogens is 3. The van der Waals surface area contributed by atoms with Crippen molar-refractivity contribution in [3.63, 3.8) is 0 Å². The molecule has 1 N–H and O–H groups in total. The average Bonchev–Trinajstić information content (AvgIpc) is 2.86. The molecule has 0 aliphatic carbocycles. The first-order chi connectivity index (χ1) is 16.5. The molecule has 0 saturated carbocycles. The van der Waals surface area contributed by atoms with Gasteiger partial charge in [-0.3, -0.25) is 4.79 Å². The number of nitrogens with zero attached hydrogens (tertiary/aromatic N) is 1. The van der Waals surface area contributed by atoms with Crippen LogP contribution < -0.4 is 10.1 Å². The Morgan fingerprint density at radius 1 is 0.971 bits per heavy atom. The second-order valence-electron chi connectivity index (χ2n) is 8.31. The molecule has 1 fully saturated rings. The molecule has 1 atom stereocenters. The van der Waals surface area contributed by atoms with Crippen molar-refractivity contribution in [2.75, 3.05) is 26.2 Å². The highest BCUT2D eigenvalue weighted by molar-refractivity contribution is 6.30. The smallest absolute Gasteiger partial charge is 0.226 e. The Morgan fingerprint density at radius 2 is 1.62 bits per heavy atom. The van der Waals surface area contributed by atoms with E-state index in [9.17, 15) is 9.18 Å². The maximum atomic E-state index is 15.1. The fourth-order valence-electron chi connectivity index (χ4n) is 4.35. The molecule has 1 aliphatic heterocycles. The van der Waals surface area contributed by atoms with Crippen LogP contribution in [0.25, 0.3) is 0 Å². The summed E-state index contributed by atoms with van der Waals surface area (Å²) in [6, 6.07) is 19.0. The molecule has 4 nitrogen and oxygen atoms in total. The number of ether oxygens (including phenoxy) is 1. The summed E-state index contributed by atoms with van der Waals surface area (Å²) in [5, 5.41) is 3.83. The van der Waals surface area contributed by atoms with Crippen molar-refractivity contribution in [2.24, 2.45) is 5.92 Å². The van der Waals surface area contributed by atoms with E-state index < -0.39 is 17.7 Å². The number of piperidine rings is 1. The van der Waals surface area contributed by atoms with Gasteiger partial charge in [-0.15, -0.1) is 0 Å². The third-order valence-electron chi connectivity index (χ3n) is 6.10. The number of carbonyl (C=O) groups excluding carboxylic acids is 1. The number of rotatable bonds is 8. The Bertz CT molecular complexity index is 1100. The van der Waals surface area contributed by atoms with Crippen molar-refractivity contribution in [1.29, 1.82) is 0 Å². The van der Waals surface area contributed by atoms with Gasteiger partial charge >= 0.3 is 0 Å². The van der Waals surface area contributed by atoms with E-state index in [1.54, 1.807) is 65.6 Å². The summed E-state index contributed by atoms with van der Waals surface area (Å²) in [7, 11) is 0. The first-order valence-electron chi connectivity index (χ1n) is 11.4. The fourth-order valence-corrected chi connectivity index (χ4v) is 4.48. The highest BCUT2D eigenvalue weighted by atomic mass is 35.5. The van der Waals surface area contributed by atoms with Crippen LogP contribution in [0.3, 0.4) is 0 Å². The second-order valence-corrected chi connectivity index (χ2v) is 8.75. The third-order valence-corrected chi connectivity index (χ3v) is 6.35. The zero-order valence-corrected chi connectivity index (χ0v) is 19.5. The monoisotopic (exact) mass is 484 g/mol. The molecule has 1 heterocycles. The van der Waals surface area contributed by atoms with Gasteiger partial charge in [0, 0.05) is 16.5 Å². The van der Waals surface area contributed by atoms with Gasteiger partial charge in [0.2, 0.25) is 5.91 Å². The number of nitrogens with one attached hydrogen (secondary N) is 1. The Balaban J connectivity index is 1.69. The molecule has 7 heteroatoms. The van der Waals surface area contributed by atoms with Crippen LogP contribution in [0.2, 0.25) is 5.02 Å². The molecule has 1 saturated heterocycles. The predicted octanol–water partition coefficient (Wildman–Crippen LogP) is 5.61. The van der Waals surface area contributed by atoms with Crippen LogP contribution >= 0.6 is 11.6 Å². The second kappa shape index (κ2) is 11.4. The van der Waals surface area contributed by atoms with Gasteiger partial charge in [0.1, 0.15) is 12.4 Å². The first kappa shape index (κ1) is 24.2. The molecule has 0 unspecified atom stereocenters. The summed E-state index contributed by atoms with van der Waals surface area (Å²) in [4.78, 5) is 15.5. The molecule has 0 aromatic heterocycles. The van der Waals surface area contributed by atoms with E-state index in [2.05, 4.69) is 5.32 Å². The van der Waals surface area contributed by atoms with Crippen molar-refractivity contribution in [3.05, 3.63) is 101 Å². The minimum absolute atomic E-state index is 0.0657. The quantitative estimate of drug-likeness (QED) is 0.451. The molecule has 0 spiro atoms. The minimum Gasteiger partial charge on any atom is -0.489 e. The number of hydrogen-bond donors (Lipinski definition) is 1. The van der Waals surface area contributed by atoms with Crippen molar-refractivity contribution >= 4 is 17.5 Å². The highest BCUT2D eigenvalue weighted by Crippen LogP contribution is 2.33. The van der Waals surface area contributed by atoms with Crippen LogP contribution in [0.1, 0.15) is 30.0 Å². The molecule has 1 aliphatic rings. The molecule has 0 bridgehead atoms. The van der Waals surface area contributed by atoms with Gasteiger partial charge in [0.25, 0.3) is 0 Å². The summed E-state index contributed by atoms with van der Waals surface area (Å²) in [6.07, 6.45) is 1.40. The van der Waals surface area contributed by atoms with E-state index in [4.69, 9.17) is 16.3 Å². The lowest BCUT2D eigenvalue weighted by Crippen LogP contribution is -2.45. The van der Waals surface area contributed by atoms with Gasteiger partial charge in [-0.05, 0) is 61.8 Å². The fraction of sp³-hybridized carbons (Fsp3) is 0.296. The van der Waals surface area contributed by atoms with Crippen molar-refractivity contribution in [3.8, 4) is 5.75 Å². The van der Waals surface area contributed by atoms with Crippen LogP contribution in [0.15, 0.2) is 72.8 Å². The Morgan fingerprint density at radius 3 is 2.29 bits per heavy atom. The lowest BCUT2D eigenvalue weighted by atomic mass is 9.92. The summed E-state index contributed by atoms with van der Waals surface area (Å²) >= 11 is 6.11. The van der Waals surface area contributed by atoms with Crippen LogP contribution in [-0.2, 0) is 4.79 Å². The van der Waals surface area contributed by atoms with E-state index in [1.165, 1.54) is 12.1 Å². The molecule has 1 amide bonds. The lowest BCUT2D eigenvalue weighted by Gasteiger charge is -2.36. The van der Waals surface area contributed by atoms with Gasteiger partial charge in [0.15, 0.2) is 11.6 Å². The van der Waals surface area contributed by atoms with Crippen LogP contribution in [0.4, 0.5) is 8.78 Å². The van der Waals surface area contributed by atoms with Gasteiger partial charge in [-0.2, -0.15) is 0 Å². The summed E-state index contributed by atoms with van der Waals surface area (Å²) in [6.45, 7) is 1.73. The normalized spacial score (nSPS) is 15.0. The topological polar surface area (TPSA) is 41.6 Å². The molecule has 178 valence electrons. The van der Waals surface area contributed by atoms with E-state index in [1.807, 2.05) is 0 Å². The van der Waals surface area contributed by atoms with Crippen molar-refractivity contribution in [2.45, 2.75) is 18.9 Å². The van der Waals surface area contributed by atoms with Crippen LogP contribution in [0.5, 0.6) is 5.75 Å². The standard InChI is InChI=1S/C27H27ClF2N2O2/c28-21-11-9-19(10-12-21)26(22-5-1-2-6-23(22)29)32(27(33)20-13-15-31-16-14-20)17-18-34-25-8-4-3-7-24(25)30/h1-12,20,26,31H,13-18H2/t26-/m0/s1. The summed E-state index contributed by atoms with van der Waals surface area (Å²) < 4.78 is 34.8. The minimum atomic E-state index is -0.676. The molecular weight excluding hydrogens is 458 g/mol. The number of amides is 1. The van der Waals surface area contributed by atoms with Gasteiger partial charge in [0.05, 0.1) is 12.6 Å². The first-order valence-corrected chi connectivity index (χ1v) is 11.8. The Labute approximate surface area is 203 Å². The molecule has 0 radical (unpaired) electrons. The predicted molar refractivity (Wildman–Crippen MR) is 129 cm³/mol. The zero-order chi connectivity index (χ0) is 23.9. The van der Waals surface area contributed by atoms with E-state index in [0.29, 0.717) is 23.4 Å². The number of carbonyl (C=O) groups is 1. The molecule has 34 heavy (non-hydrogen) atoms. The SMILES string of the molecule is O=C(C1CCNCC1)N(CCOc1ccccc1F)[C@@H](c1ccc(Cl)cc1)c1ccccc1F. The Kier molecular flexibility index (Phi) is 8.14. The number of para-hydroxylation sites is 1. The van der Waals surface area contributed by atoms with Gasteiger partial charge < -0.3 is 15.0 Å². The van der Waals surface area contributed by atoms with Crippen LogP contribution in [-0.4, -0.2) is 37.0 Å². The summed E-state index contributed by atoms with van der Waals surface area (Å²) in [5.41, 5.74) is 1.13. The maximum Gasteiger partial charge on any atom is 0.226 e. The third kappa shape index (κ3) is 5.75. The molecule has 3 aromatic carbocycles. The Hall–Kier alpha value is -2.96. The molecule has 4 rings (SSSR count). The average molecular weight is 485 g/mol. The van der Waals surface area contributed by atoms with Crippen LogP contribution in [0, 0.1) is 17.6 Å². The van der Waals surface area contributed by atoms with Gasteiger partial charge in [-0.25, -0.2) is 8.78 Å². The zero-order valence-electron chi connectivity index (χ0n) is 18.7. The number of benzene rings is 3. The summed E-state index contributed by atoms with van der Waals surface area (Å²) in [5.74, 6) is -1.01. The van der Waals surface area contributed by atoms with E-state index >= 15 is 4.39 Å². The highest BCUT2D eigenvalue weighted by Gasteiger charge is 2.33. The van der Waals surface area contributed by atoms with Crippen molar-refractivity contribution < 1.29 is 18.3 Å². The molecule has 3 aromatic rings. The largest absolute Gasteiger partial charge is 0.489 e. The van der Waals surface area contributed by atoms with E-state index in [0.717, 1.165) is 18.7 Å². The van der Waals surface area contributed by atoms with E-state index in [-0.39, 0.29) is 30.7 Å². The maximum absolute atomic E-state index is 15.1. The van der Waals surface area contributed by atoms with Gasteiger partial charge in [-0.1, -0.05) is 54.1 Å².